The Morgan fingerprint density at radius 3 is 2.61 bits per heavy atom. The molecular formula is C14H10ClNO2. The van der Waals surface area contributed by atoms with Gasteiger partial charge in [0.2, 0.25) is 0 Å². The van der Waals surface area contributed by atoms with Gasteiger partial charge in [-0.1, -0.05) is 35.9 Å². The van der Waals surface area contributed by atoms with Gasteiger partial charge >= 0.3 is 0 Å². The Morgan fingerprint density at radius 2 is 1.89 bits per heavy atom. The summed E-state index contributed by atoms with van der Waals surface area (Å²) in [4.78, 5) is 13.6. The van der Waals surface area contributed by atoms with E-state index < -0.39 is 6.23 Å². The Hall–Kier alpha value is -1.84. The van der Waals surface area contributed by atoms with Crippen LogP contribution in [-0.4, -0.2) is 11.0 Å². The van der Waals surface area contributed by atoms with E-state index in [0.717, 1.165) is 0 Å². The summed E-state index contributed by atoms with van der Waals surface area (Å²) in [5.41, 5.74) is 1.75. The van der Waals surface area contributed by atoms with Crippen molar-refractivity contribution in [2.24, 2.45) is 0 Å². The molecule has 1 amide bonds. The minimum Gasteiger partial charge on any atom is -0.369 e. The van der Waals surface area contributed by atoms with E-state index in [1.165, 1.54) is 4.90 Å². The Bertz CT molecular complexity index is 627. The topological polar surface area (TPSA) is 40.5 Å². The zero-order valence-corrected chi connectivity index (χ0v) is 10.1. The highest BCUT2D eigenvalue weighted by Crippen LogP contribution is 2.36. The van der Waals surface area contributed by atoms with Crippen LogP contribution in [0.3, 0.4) is 0 Å². The van der Waals surface area contributed by atoms with E-state index in [4.69, 9.17) is 11.6 Å². The van der Waals surface area contributed by atoms with E-state index in [2.05, 4.69) is 0 Å². The van der Waals surface area contributed by atoms with Gasteiger partial charge < -0.3 is 5.11 Å². The number of benzene rings is 2. The van der Waals surface area contributed by atoms with E-state index in [1.807, 2.05) is 0 Å². The fourth-order valence-electron chi connectivity index (χ4n) is 2.18. The van der Waals surface area contributed by atoms with E-state index in [1.54, 1.807) is 48.5 Å². The molecule has 90 valence electrons. The summed E-state index contributed by atoms with van der Waals surface area (Å²) in [6.45, 7) is 0. The molecule has 3 nitrogen and oxygen atoms in total. The second kappa shape index (κ2) is 4.12. The average Bonchev–Trinajstić information content (AvgIpc) is 2.63. The first kappa shape index (κ1) is 11.3. The van der Waals surface area contributed by atoms with Crippen LogP contribution < -0.4 is 4.90 Å². The summed E-state index contributed by atoms with van der Waals surface area (Å²) in [5.74, 6) is -0.208. The first-order valence-electron chi connectivity index (χ1n) is 5.54. The molecule has 4 heteroatoms. The molecule has 0 aromatic heterocycles. The van der Waals surface area contributed by atoms with E-state index in [-0.39, 0.29) is 5.91 Å². The molecule has 0 saturated heterocycles. The summed E-state index contributed by atoms with van der Waals surface area (Å²) < 4.78 is 0. The van der Waals surface area contributed by atoms with Crippen molar-refractivity contribution in [2.45, 2.75) is 6.23 Å². The first-order chi connectivity index (χ1) is 8.68. The molecule has 0 fully saturated rings. The monoisotopic (exact) mass is 259 g/mol. The van der Waals surface area contributed by atoms with Gasteiger partial charge in [0.05, 0.1) is 0 Å². The highest BCUT2D eigenvalue weighted by Gasteiger charge is 2.36. The van der Waals surface area contributed by atoms with Crippen LogP contribution in [0.15, 0.2) is 48.5 Å². The highest BCUT2D eigenvalue weighted by atomic mass is 35.5. The standard InChI is InChI=1S/C14H10ClNO2/c15-9-4-3-5-10(8-9)16-13(17)11-6-1-2-7-12(11)14(16)18/h1-8,13,17H. The number of carbonyl (C=O) groups excluding carboxylic acids is 1. The molecule has 2 aromatic carbocycles. The lowest BCUT2D eigenvalue weighted by atomic mass is 10.1. The maximum absolute atomic E-state index is 12.2. The summed E-state index contributed by atoms with van der Waals surface area (Å²) >= 11 is 5.91. The van der Waals surface area contributed by atoms with Gasteiger partial charge in [-0.05, 0) is 24.3 Å². The fourth-order valence-corrected chi connectivity index (χ4v) is 2.37. The maximum Gasteiger partial charge on any atom is 0.261 e. The SMILES string of the molecule is O=C1c2ccccc2C(O)N1c1cccc(Cl)c1. The van der Waals surface area contributed by atoms with Gasteiger partial charge in [-0.15, -0.1) is 0 Å². The lowest BCUT2D eigenvalue weighted by Gasteiger charge is -2.21. The van der Waals surface area contributed by atoms with Crippen LogP contribution in [0.2, 0.25) is 5.02 Å². The average molecular weight is 260 g/mol. The molecule has 3 rings (SSSR count). The molecule has 0 bridgehead atoms. The van der Waals surface area contributed by atoms with Crippen molar-refractivity contribution in [2.75, 3.05) is 4.90 Å². The third kappa shape index (κ3) is 1.60. The lowest BCUT2D eigenvalue weighted by Crippen LogP contribution is -2.27. The number of aliphatic hydroxyl groups is 1. The summed E-state index contributed by atoms with van der Waals surface area (Å²) in [6, 6.07) is 13.9. The molecule has 1 aliphatic heterocycles. The van der Waals surface area contributed by atoms with Crippen molar-refractivity contribution >= 4 is 23.2 Å². The number of hydrogen-bond acceptors (Lipinski definition) is 2. The van der Waals surface area contributed by atoms with Gasteiger partial charge in [-0.2, -0.15) is 0 Å². The molecule has 1 unspecified atom stereocenters. The Morgan fingerprint density at radius 1 is 1.11 bits per heavy atom. The largest absolute Gasteiger partial charge is 0.369 e. The van der Waals surface area contributed by atoms with Crippen LogP contribution in [-0.2, 0) is 0 Å². The number of hydrogen-bond donors (Lipinski definition) is 1. The number of amides is 1. The minimum absolute atomic E-state index is 0.208. The number of carbonyl (C=O) groups is 1. The molecule has 0 spiro atoms. The predicted molar refractivity (Wildman–Crippen MR) is 69.7 cm³/mol. The van der Waals surface area contributed by atoms with Crippen molar-refractivity contribution < 1.29 is 9.90 Å². The van der Waals surface area contributed by atoms with Crippen LogP contribution in [0, 0.1) is 0 Å². The molecule has 2 aromatic rings. The van der Waals surface area contributed by atoms with Crippen LogP contribution >= 0.6 is 11.6 Å². The highest BCUT2D eigenvalue weighted by molar-refractivity contribution is 6.31. The molecule has 1 heterocycles. The minimum atomic E-state index is -0.952. The van der Waals surface area contributed by atoms with Gasteiger partial charge in [0, 0.05) is 21.8 Å². The number of fused-ring (bicyclic) bond motifs is 1. The maximum atomic E-state index is 12.2. The molecule has 1 atom stereocenters. The Kier molecular flexibility index (Phi) is 2.58. The normalized spacial score (nSPS) is 18.0. The van der Waals surface area contributed by atoms with Crippen LogP contribution in [0.1, 0.15) is 22.1 Å². The molecular weight excluding hydrogens is 250 g/mol. The lowest BCUT2D eigenvalue weighted by molar-refractivity contribution is 0.0935. The molecule has 0 radical (unpaired) electrons. The zero-order chi connectivity index (χ0) is 12.7. The molecule has 1 aliphatic rings. The predicted octanol–water partition coefficient (Wildman–Crippen LogP) is 2.99. The van der Waals surface area contributed by atoms with Gasteiger partial charge in [0.1, 0.15) is 0 Å². The third-order valence-corrected chi connectivity index (χ3v) is 3.25. The summed E-state index contributed by atoms with van der Waals surface area (Å²) in [6.07, 6.45) is -0.952. The van der Waals surface area contributed by atoms with Crippen LogP contribution in [0.5, 0.6) is 0 Å². The van der Waals surface area contributed by atoms with Gasteiger partial charge in [0.25, 0.3) is 5.91 Å². The summed E-state index contributed by atoms with van der Waals surface area (Å²) in [5, 5.41) is 10.7. The second-order valence-electron chi connectivity index (χ2n) is 4.12. The first-order valence-corrected chi connectivity index (χ1v) is 5.92. The van der Waals surface area contributed by atoms with Crippen molar-refractivity contribution in [3.05, 3.63) is 64.7 Å². The molecule has 18 heavy (non-hydrogen) atoms. The van der Waals surface area contributed by atoms with E-state index >= 15 is 0 Å². The molecule has 0 aliphatic carbocycles. The van der Waals surface area contributed by atoms with Crippen molar-refractivity contribution in [1.29, 1.82) is 0 Å². The Balaban J connectivity index is 2.09. The van der Waals surface area contributed by atoms with Gasteiger partial charge in [0.15, 0.2) is 6.23 Å². The molecule has 1 N–H and O–H groups in total. The third-order valence-electron chi connectivity index (χ3n) is 3.02. The quantitative estimate of drug-likeness (QED) is 0.855. The van der Waals surface area contributed by atoms with Crippen molar-refractivity contribution in [1.82, 2.24) is 0 Å². The van der Waals surface area contributed by atoms with E-state index in [9.17, 15) is 9.90 Å². The number of halogens is 1. The smallest absolute Gasteiger partial charge is 0.261 e. The zero-order valence-electron chi connectivity index (χ0n) is 9.38. The van der Waals surface area contributed by atoms with Crippen LogP contribution in [0.25, 0.3) is 0 Å². The van der Waals surface area contributed by atoms with Gasteiger partial charge in [-0.3, -0.25) is 9.69 Å². The number of aliphatic hydroxyl groups excluding tert-OH is 1. The summed E-state index contributed by atoms with van der Waals surface area (Å²) in [7, 11) is 0. The molecule has 0 saturated carbocycles. The van der Waals surface area contributed by atoms with Crippen molar-refractivity contribution in [3.63, 3.8) is 0 Å². The van der Waals surface area contributed by atoms with Gasteiger partial charge in [-0.25, -0.2) is 0 Å². The number of anilines is 1. The number of nitrogens with zero attached hydrogens (tertiary/aromatic N) is 1. The Labute approximate surface area is 109 Å². The fraction of sp³-hybridized carbons (Fsp3) is 0.0714. The van der Waals surface area contributed by atoms with Crippen LogP contribution in [0.4, 0.5) is 5.69 Å². The second-order valence-corrected chi connectivity index (χ2v) is 4.55. The number of rotatable bonds is 1. The van der Waals surface area contributed by atoms with E-state index in [0.29, 0.717) is 21.8 Å². The van der Waals surface area contributed by atoms with Crippen molar-refractivity contribution in [3.8, 4) is 0 Å².